The first-order chi connectivity index (χ1) is 12.7. The van der Waals surface area contributed by atoms with Crippen molar-refractivity contribution in [3.05, 3.63) is 70.7 Å². The lowest BCUT2D eigenvalue weighted by atomic mass is 9.98. The summed E-state index contributed by atoms with van der Waals surface area (Å²) in [7, 11) is 0. The number of alkyl halides is 3. The molecule has 0 fully saturated rings. The van der Waals surface area contributed by atoms with Gasteiger partial charge in [-0.15, -0.1) is 10.2 Å². The third-order valence-electron chi connectivity index (χ3n) is 4.24. The Balaban J connectivity index is 2.05. The van der Waals surface area contributed by atoms with Gasteiger partial charge in [-0.05, 0) is 55.3 Å². The van der Waals surface area contributed by atoms with Gasteiger partial charge in [0.2, 0.25) is 5.78 Å². The maximum atomic E-state index is 12.8. The largest absolute Gasteiger partial charge is 0.507 e. The van der Waals surface area contributed by atoms with Gasteiger partial charge in [0.25, 0.3) is 0 Å². The van der Waals surface area contributed by atoms with Crippen LogP contribution in [0.1, 0.15) is 32.7 Å². The highest BCUT2D eigenvalue weighted by Crippen LogP contribution is 2.37. The van der Waals surface area contributed by atoms with Gasteiger partial charge >= 0.3 is 6.18 Å². The van der Waals surface area contributed by atoms with Crippen LogP contribution in [0.2, 0.25) is 0 Å². The van der Waals surface area contributed by atoms with Crippen LogP contribution in [0.25, 0.3) is 11.3 Å². The smallest absolute Gasteiger partial charge is 0.416 e. The molecular formula is C19H14F3N3O2. The van der Waals surface area contributed by atoms with Crippen molar-refractivity contribution in [3.8, 4) is 17.0 Å². The second-order valence-electron chi connectivity index (χ2n) is 5.95. The molecule has 1 N–H and O–H groups in total. The van der Waals surface area contributed by atoms with E-state index >= 15 is 0 Å². The summed E-state index contributed by atoms with van der Waals surface area (Å²) in [6.45, 7) is 3.33. The van der Waals surface area contributed by atoms with E-state index in [1.807, 2.05) is 0 Å². The Bertz CT molecular complexity index is 1020. The van der Waals surface area contributed by atoms with Gasteiger partial charge in [-0.2, -0.15) is 13.2 Å². The van der Waals surface area contributed by atoms with Gasteiger partial charge in [-0.1, -0.05) is 0 Å². The molecule has 3 rings (SSSR count). The molecule has 0 unspecified atom stereocenters. The quantitative estimate of drug-likeness (QED) is 0.699. The van der Waals surface area contributed by atoms with Crippen molar-refractivity contribution >= 4 is 5.78 Å². The number of pyridine rings is 1. The highest BCUT2D eigenvalue weighted by Gasteiger charge is 2.31. The van der Waals surface area contributed by atoms with E-state index in [0.29, 0.717) is 22.8 Å². The normalized spacial score (nSPS) is 11.4. The second-order valence-corrected chi connectivity index (χ2v) is 5.95. The molecule has 8 heteroatoms. The van der Waals surface area contributed by atoms with Crippen LogP contribution in [-0.2, 0) is 6.18 Å². The number of ketones is 1. The number of phenolic OH excluding ortho intramolecular Hbond substituents is 1. The summed E-state index contributed by atoms with van der Waals surface area (Å²) >= 11 is 0. The number of carbonyl (C=O) groups excluding carboxylic acids is 1. The van der Waals surface area contributed by atoms with Crippen molar-refractivity contribution in [1.29, 1.82) is 0 Å². The highest BCUT2D eigenvalue weighted by atomic mass is 19.4. The first-order valence-corrected chi connectivity index (χ1v) is 7.89. The molecule has 0 bridgehead atoms. The fraction of sp³-hybridized carbons (Fsp3) is 0.158. The zero-order valence-electron chi connectivity index (χ0n) is 14.4. The number of aromatic hydroxyl groups is 1. The van der Waals surface area contributed by atoms with Crippen molar-refractivity contribution < 1.29 is 23.1 Å². The Morgan fingerprint density at radius 1 is 1.07 bits per heavy atom. The van der Waals surface area contributed by atoms with Crippen LogP contribution in [0.15, 0.2) is 42.7 Å². The van der Waals surface area contributed by atoms with Gasteiger partial charge in [-0.3, -0.25) is 9.78 Å². The Labute approximate surface area is 152 Å². The number of hydrogen-bond acceptors (Lipinski definition) is 5. The van der Waals surface area contributed by atoms with Gasteiger partial charge < -0.3 is 5.11 Å². The number of hydrogen-bond donors (Lipinski definition) is 1. The van der Waals surface area contributed by atoms with E-state index in [4.69, 9.17) is 0 Å². The summed E-state index contributed by atoms with van der Waals surface area (Å²) in [5.41, 5.74) is 0.878. The van der Waals surface area contributed by atoms with Crippen molar-refractivity contribution in [2.24, 2.45) is 0 Å². The summed E-state index contributed by atoms with van der Waals surface area (Å²) in [4.78, 5) is 16.5. The average molecular weight is 373 g/mol. The number of aromatic nitrogens is 3. The summed E-state index contributed by atoms with van der Waals surface area (Å²) in [6.07, 6.45) is -1.61. The fourth-order valence-corrected chi connectivity index (χ4v) is 2.62. The monoisotopic (exact) mass is 373 g/mol. The SMILES string of the molecule is Cc1c(C(=O)c2cccnc2)nnc(-c2ccc(C(F)(F)F)cc2O)c1C. The van der Waals surface area contributed by atoms with Crippen molar-refractivity contribution in [2.45, 2.75) is 20.0 Å². The third-order valence-corrected chi connectivity index (χ3v) is 4.24. The fourth-order valence-electron chi connectivity index (χ4n) is 2.62. The zero-order chi connectivity index (χ0) is 19.8. The van der Waals surface area contributed by atoms with Crippen LogP contribution in [0.4, 0.5) is 13.2 Å². The molecule has 0 spiro atoms. The van der Waals surface area contributed by atoms with Crippen LogP contribution in [0, 0.1) is 13.8 Å². The van der Waals surface area contributed by atoms with Crippen molar-refractivity contribution in [3.63, 3.8) is 0 Å². The van der Waals surface area contributed by atoms with E-state index in [-0.39, 0.29) is 22.7 Å². The number of nitrogens with zero attached hydrogens (tertiary/aromatic N) is 3. The Morgan fingerprint density at radius 3 is 2.41 bits per heavy atom. The average Bonchev–Trinajstić information content (AvgIpc) is 2.64. The molecule has 0 radical (unpaired) electrons. The zero-order valence-corrected chi connectivity index (χ0v) is 14.4. The van der Waals surface area contributed by atoms with E-state index in [9.17, 15) is 23.1 Å². The number of rotatable bonds is 3. The molecule has 2 aromatic heterocycles. The van der Waals surface area contributed by atoms with Crippen LogP contribution in [-0.4, -0.2) is 26.1 Å². The minimum atomic E-state index is -4.56. The number of phenols is 1. The maximum absolute atomic E-state index is 12.8. The van der Waals surface area contributed by atoms with Crippen LogP contribution in [0.3, 0.4) is 0 Å². The summed E-state index contributed by atoms with van der Waals surface area (Å²) in [6, 6.07) is 5.86. The molecule has 0 aliphatic rings. The van der Waals surface area contributed by atoms with E-state index in [1.165, 1.54) is 12.4 Å². The van der Waals surface area contributed by atoms with Gasteiger partial charge in [0.15, 0.2) is 0 Å². The second kappa shape index (κ2) is 6.79. The summed E-state index contributed by atoms with van der Waals surface area (Å²) in [5.74, 6) is -0.924. The lowest BCUT2D eigenvalue weighted by Gasteiger charge is -2.13. The lowest BCUT2D eigenvalue weighted by molar-refractivity contribution is -0.137. The lowest BCUT2D eigenvalue weighted by Crippen LogP contribution is -2.11. The molecule has 0 amide bonds. The van der Waals surface area contributed by atoms with Gasteiger partial charge in [0, 0.05) is 23.5 Å². The highest BCUT2D eigenvalue weighted by molar-refractivity contribution is 6.08. The summed E-state index contributed by atoms with van der Waals surface area (Å²) in [5, 5.41) is 18.0. The summed E-state index contributed by atoms with van der Waals surface area (Å²) < 4.78 is 38.3. The molecule has 5 nitrogen and oxygen atoms in total. The molecule has 3 aromatic rings. The van der Waals surface area contributed by atoms with Crippen molar-refractivity contribution in [1.82, 2.24) is 15.2 Å². The topological polar surface area (TPSA) is 76.0 Å². The van der Waals surface area contributed by atoms with Gasteiger partial charge in [0.1, 0.15) is 11.4 Å². The predicted octanol–water partition coefficient (Wildman–Crippen LogP) is 4.11. The Morgan fingerprint density at radius 2 is 1.81 bits per heavy atom. The molecule has 1 aromatic carbocycles. The van der Waals surface area contributed by atoms with Gasteiger partial charge in [0.05, 0.1) is 11.3 Å². The predicted molar refractivity (Wildman–Crippen MR) is 91.3 cm³/mol. The third kappa shape index (κ3) is 3.51. The molecule has 0 aliphatic heterocycles. The van der Waals surface area contributed by atoms with Crippen molar-refractivity contribution in [2.75, 3.05) is 0 Å². The van der Waals surface area contributed by atoms with E-state index in [1.54, 1.807) is 26.0 Å². The molecule has 0 saturated carbocycles. The molecule has 0 aliphatic carbocycles. The van der Waals surface area contributed by atoms with Gasteiger partial charge in [-0.25, -0.2) is 0 Å². The molecule has 0 saturated heterocycles. The first kappa shape index (κ1) is 18.5. The molecule has 2 heterocycles. The number of carbonyl (C=O) groups is 1. The number of halogens is 3. The van der Waals surface area contributed by atoms with Crippen LogP contribution < -0.4 is 0 Å². The minimum Gasteiger partial charge on any atom is -0.507 e. The van der Waals surface area contributed by atoms with E-state index < -0.39 is 17.5 Å². The first-order valence-electron chi connectivity index (χ1n) is 7.89. The van der Waals surface area contributed by atoms with Crippen LogP contribution >= 0.6 is 0 Å². The molecule has 0 atom stereocenters. The van der Waals surface area contributed by atoms with Crippen LogP contribution in [0.5, 0.6) is 5.75 Å². The minimum absolute atomic E-state index is 0.108. The standard InChI is InChI=1S/C19H14F3N3O2/c1-10-11(2)17(18(27)12-4-3-7-23-9-12)25-24-16(10)14-6-5-13(8-15(14)26)19(20,21)22/h3-9,26H,1-2H3. The van der Waals surface area contributed by atoms with E-state index in [2.05, 4.69) is 15.2 Å². The Kier molecular flexibility index (Phi) is 4.65. The maximum Gasteiger partial charge on any atom is 0.416 e. The number of benzene rings is 1. The molecule has 27 heavy (non-hydrogen) atoms. The Hall–Kier alpha value is -3.29. The van der Waals surface area contributed by atoms with E-state index in [0.717, 1.165) is 12.1 Å². The molecule has 138 valence electrons. The molecular weight excluding hydrogens is 359 g/mol.